The van der Waals surface area contributed by atoms with E-state index in [2.05, 4.69) is 26.8 Å². The summed E-state index contributed by atoms with van der Waals surface area (Å²) in [6.45, 7) is 6.80. The second-order valence-electron chi connectivity index (χ2n) is 3.75. The Balaban J connectivity index is 2.70. The summed E-state index contributed by atoms with van der Waals surface area (Å²) in [4.78, 5) is 0. The molecule has 0 aromatic heterocycles. The molecule has 0 saturated carbocycles. The molecule has 3 unspecified atom stereocenters. The Bertz CT molecular complexity index is 160. The van der Waals surface area contributed by atoms with Gasteiger partial charge in [-0.15, -0.1) is 0 Å². The van der Waals surface area contributed by atoms with E-state index in [0.717, 1.165) is 5.92 Å². The maximum atomic E-state index is 5.28. The predicted molar refractivity (Wildman–Crippen MR) is 47.2 cm³/mol. The first-order valence-corrected chi connectivity index (χ1v) is 4.40. The van der Waals surface area contributed by atoms with E-state index >= 15 is 0 Å². The molecule has 1 nitrogen and oxygen atoms in total. The van der Waals surface area contributed by atoms with Crippen LogP contribution in [-0.4, -0.2) is 7.11 Å². The molecule has 1 heteroatoms. The van der Waals surface area contributed by atoms with Crippen molar-refractivity contribution in [2.24, 2.45) is 17.8 Å². The van der Waals surface area contributed by atoms with E-state index in [-0.39, 0.29) is 0 Å². The topological polar surface area (TPSA) is 9.23 Å². The highest BCUT2D eigenvalue weighted by Crippen LogP contribution is 2.32. The fourth-order valence-electron chi connectivity index (χ4n) is 1.75. The fourth-order valence-corrected chi connectivity index (χ4v) is 1.75. The quantitative estimate of drug-likeness (QED) is 0.564. The van der Waals surface area contributed by atoms with Crippen LogP contribution < -0.4 is 0 Å². The standard InChI is InChI=1S/C10H18O/c1-7-5-9(3)10(11-4)6-8(7)2/h6-9H,5H2,1-4H3. The minimum Gasteiger partial charge on any atom is -0.501 e. The summed E-state index contributed by atoms with van der Waals surface area (Å²) in [6.07, 6.45) is 3.53. The summed E-state index contributed by atoms with van der Waals surface area (Å²) in [5.41, 5.74) is 0. The van der Waals surface area contributed by atoms with Gasteiger partial charge in [0.15, 0.2) is 0 Å². The number of hydrogen-bond donors (Lipinski definition) is 0. The SMILES string of the molecule is COC1=CC(C)C(C)CC1C. The molecule has 0 saturated heterocycles. The number of allylic oxidation sites excluding steroid dienone is 2. The molecule has 0 amide bonds. The average Bonchev–Trinajstić information content (AvgIpc) is 1.97. The van der Waals surface area contributed by atoms with E-state index in [0.29, 0.717) is 11.8 Å². The van der Waals surface area contributed by atoms with Crippen LogP contribution in [-0.2, 0) is 4.74 Å². The zero-order valence-corrected chi connectivity index (χ0v) is 7.92. The lowest BCUT2D eigenvalue weighted by atomic mass is 9.81. The monoisotopic (exact) mass is 154 g/mol. The van der Waals surface area contributed by atoms with Gasteiger partial charge < -0.3 is 4.74 Å². The van der Waals surface area contributed by atoms with Crippen molar-refractivity contribution in [3.05, 3.63) is 11.8 Å². The number of ether oxygens (including phenoxy) is 1. The molecule has 64 valence electrons. The van der Waals surface area contributed by atoms with Gasteiger partial charge in [0, 0.05) is 5.92 Å². The number of hydrogen-bond acceptors (Lipinski definition) is 1. The minimum atomic E-state index is 0.617. The number of rotatable bonds is 1. The Labute approximate surface area is 69.4 Å². The van der Waals surface area contributed by atoms with Gasteiger partial charge in [0.05, 0.1) is 12.9 Å². The van der Waals surface area contributed by atoms with Crippen LogP contribution in [0.2, 0.25) is 0 Å². The summed E-state index contributed by atoms with van der Waals surface area (Å²) < 4.78 is 5.28. The van der Waals surface area contributed by atoms with Crippen LogP contribution >= 0.6 is 0 Å². The average molecular weight is 154 g/mol. The van der Waals surface area contributed by atoms with Crippen molar-refractivity contribution in [3.8, 4) is 0 Å². The van der Waals surface area contributed by atoms with Crippen molar-refractivity contribution in [1.82, 2.24) is 0 Å². The molecule has 0 N–H and O–H groups in total. The van der Waals surface area contributed by atoms with Crippen molar-refractivity contribution in [2.75, 3.05) is 7.11 Å². The molecule has 0 aromatic carbocycles. The molecule has 11 heavy (non-hydrogen) atoms. The molecule has 0 radical (unpaired) electrons. The van der Waals surface area contributed by atoms with Crippen molar-refractivity contribution in [1.29, 1.82) is 0 Å². The Morgan fingerprint density at radius 3 is 2.55 bits per heavy atom. The first-order valence-electron chi connectivity index (χ1n) is 4.40. The number of methoxy groups -OCH3 is 1. The minimum absolute atomic E-state index is 0.617. The first kappa shape index (κ1) is 8.63. The zero-order chi connectivity index (χ0) is 8.43. The third-order valence-electron chi connectivity index (χ3n) is 2.77. The van der Waals surface area contributed by atoms with Crippen LogP contribution in [0.3, 0.4) is 0 Å². The van der Waals surface area contributed by atoms with Gasteiger partial charge in [0.1, 0.15) is 0 Å². The first-order chi connectivity index (χ1) is 5.15. The second-order valence-corrected chi connectivity index (χ2v) is 3.75. The van der Waals surface area contributed by atoms with E-state index < -0.39 is 0 Å². The highest BCUT2D eigenvalue weighted by molar-refractivity contribution is 5.05. The van der Waals surface area contributed by atoms with Crippen molar-refractivity contribution >= 4 is 0 Å². The summed E-state index contributed by atoms with van der Waals surface area (Å²) in [5.74, 6) is 3.28. The maximum Gasteiger partial charge on any atom is 0.0946 e. The molecule has 0 spiro atoms. The Kier molecular flexibility index (Phi) is 2.58. The summed E-state index contributed by atoms with van der Waals surface area (Å²) in [6, 6.07) is 0. The molecule has 1 aliphatic carbocycles. The smallest absolute Gasteiger partial charge is 0.0946 e. The van der Waals surface area contributed by atoms with Crippen LogP contribution in [0.15, 0.2) is 11.8 Å². The van der Waals surface area contributed by atoms with Gasteiger partial charge in [0.25, 0.3) is 0 Å². The Hall–Kier alpha value is -0.460. The van der Waals surface area contributed by atoms with Gasteiger partial charge >= 0.3 is 0 Å². The van der Waals surface area contributed by atoms with E-state index in [1.165, 1.54) is 12.2 Å². The van der Waals surface area contributed by atoms with Gasteiger partial charge in [-0.3, -0.25) is 0 Å². The van der Waals surface area contributed by atoms with Gasteiger partial charge in [-0.25, -0.2) is 0 Å². The molecule has 0 bridgehead atoms. The predicted octanol–water partition coefficient (Wildman–Crippen LogP) is 2.83. The molecule has 1 rings (SSSR count). The molecule has 0 heterocycles. The van der Waals surface area contributed by atoms with Gasteiger partial charge in [-0.2, -0.15) is 0 Å². The van der Waals surface area contributed by atoms with Gasteiger partial charge in [-0.1, -0.05) is 20.8 Å². The highest BCUT2D eigenvalue weighted by Gasteiger charge is 2.23. The van der Waals surface area contributed by atoms with Crippen LogP contribution in [0.25, 0.3) is 0 Å². The van der Waals surface area contributed by atoms with E-state index in [9.17, 15) is 0 Å². The summed E-state index contributed by atoms with van der Waals surface area (Å²) >= 11 is 0. The van der Waals surface area contributed by atoms with E-state index in [1.807, 2.05) is 0 Å². The van der Waals surface area contributed by atoms with Crippen LogP contribution in [0.1, 0.15) is 27.2 Å². The lowest BCUT2D eigenvalue weighted by Gasteiger charge is -2.28. The zero-order valence-electron chi connectivity index (χ0n) is 7.92. The molecular formula is C10H18O. The molecule has 0 fully saturated rings. The third-order valence-corrected chi connectivity index (χ3v) is 2.77. The lowest BCUT2D eigenvalue weighted by Crippen LogP contribution is -2.19. The van der Waals surface area contributed by atoms with Crippen LogP contribution in [0, 0.1) is 17.8 Å². The molecule has 1 aliphatic rings. The molecule has 3 atom stereocenters. The van der Waals surface area contributed by atoms with Crippen molar-refractivity contribution in [3.63, 3.8) is 0 Å². The van der Waals surface area contributed by atoms with Crippen LogP contribution in [0.4, 0.5) is 0 Å². The van der Waals surface area contributed by atoms with E-state index in [1.54, 1.807) is 7.11 Å². The van der Waals surface area contributed by atoms with Gasteiger partial charge in [0.2, 0.25) is 0 Å². The summed E-state index contributed by atoms with van der Waals surface area (Å²) in [5, 5.41) is 0. The van der Waals surface area contributed by atoms with Crippen LogP contribution in [0.5, 0.6) is 0 Å². The summed E-state index contributed by atoms with van der Waals surface area (Å²) in [7, 11) is 1.77. The molecular weight excluding hydrogens is 136 g/mol. The van der Waals surface area contributed by atoms with Crippen molar-refractivity contribution < 1.29 is 4.74 Å². The molecule has 0 aliphatic heterocycles. The normalized spacial score (nSPS) is 38.2. The highest BCUT2D eigenvalue weighted by atomic mass is 16.5. The maximum absolute atomic E-state index is 5.28. The van der Waals surface area contributed by atoms with Crippen molar-refractivity contribution in [2.45, 2.75) is 27.2 Å². The lowest BCUT2D eigenvalue weighted by molar-refractivity contribution is 0.200. The largest absolute Gasteiger partial charge is 0.501 e. The fraction of sp³-hybridized carbons (Fsp3) is 0.800. The molecule has 0 aromatic rings. The Morgan fingerprint density at radius 1 is 1.36 bits per heavy atom. The van der Waals surface area contributed by atoms with E-state index in [4.69, 9.17) is 4.74 Å². The van der Waals surface area contributed by atoms with Gasteiger partial charge in [-0.05, 0) is 24.3 Å². The third kappa shape index (κ3) is 1.76. The second kappa shape index (κ2) is 3.29. The Morgan fingerprint density at radius 2 is 2.00 bits per heavy atom.